The van der Waals surface area contributed by atoms with Crippen LogP contribution in [0.25, 0.3) is 10.9 Å². The van der Waals surface area contributed by atoms with Gasteiger partial charge in [-0.3, -0.25) is 0 Å². The molecule has 1 N–H and O–H groups in total. The van der Waals surface area contributed by atoms with Gasteiger partial charge in [-0.15, -0.1) is 0 Å². The lowest BCUT2D eigenvalue weighted by Crippen LogP contribution is -2.23. The Bertz CT molecular complexity index is 1010. The molecular formula is C18H16Cl2N4O4. The molecule has 4 rings (SSSR count). The number of carbonyl (C=O) groups excluding carboxylic acids is 1. The first kappa shape index (κ1) is 18.6. The van der Waals surface area contributed by atoms with E-state index < -0.39 is 6.10 Å². The van der Waals surface area contributed by atoms with E-state index in [9.17, 15) is 4.79 Å². The number of likely N-dealkylation sites (N-methyl/N-ethyl adjacent to an activating group) is 1. The molecule has 0 spiro atoms. The molecule has 0 aliphatic carbocycles. The maximum atomic E-state index is 11.5. The SMILES string of the molecule is CN1CC(COc2c(Cl)ccc3c(NCc4ccco4)nc(Cl)nc23)OC1=O. The number of halogens is 2. The van der Waals surface area contributed by atoms with Gasteiger partial charge in [-0.05, 0) is 35.9 Å². The number of nitrogens with zero attached hydrogens (tertiary/aromatic N) is 3. The monoisotopic (exact) mass is 422 g/mol. The Morgan fingerprint density at radius 3 is 2.89 bits per heavy atom. The second-order valence-corrected chi connectivity index (χ2v) is 6.99. The fourth-order valence-electron chi connectivity index (χ4n) is 2.89. The van der Waals surface area contributed by atoms with Gasteiger partial charge >= 0.3 is 6.09 Å². The predicted molar refractivity (Wildman–Crippen MR) is 104 cm³/mol. The molecule has 146 valence electrons. The Morgan fingerprint density at radius 2 is 2.18 bits per heavy atom. The van der Waals surface area contributed by atoms with Gasteiger partial charge in [0, 0.05) is 12.4 Å². The molecule has 1 fully saturated rings. The molecule has 1 amide bonds. The van der Waals surface area contributed by atoms with E-state index in [2.05, 4.69) is 15.3 Å². The average molecular weight is 423 g/mol. The molecule has 10 heteroatoms. The number of carbonyl (C=O) groups is 1. The highest BCUT2D eigenvalue weighted by Gasteiger charge is 2.29. The van der Waals surface area contributed by atoms with Crippen LogP contribution in [-0.2, 0) is 11.3 Å². The second kappa shape index (κ2) is 7.73. The molecule has 1 saturated heterocycles. The Labute approximate surface area is 170 Å². The lowest BCUT2D eigenvalue weighted by Gasteiger charge is -2.15. The Kier molecular flexibility index (Phi) is 5.15. The van der Waals surface area contributed by atoms with Gasteiger partial charge in [-0.1, -0.05) is 11.6 Å². The van der Waals surface area contributed by atoms with Crippen molar-refractivity contribution >= 4 is 46.0 Å². The van der Waals surface area contributed by atoms with Gasteiger partial charge in [-0.25, -0.2) is 14.8 Å². The number of rotatable bonds is 6. The molecule has 28 heavy (non-hydrogen) atoms. The molecule has 3 heterocycles. The summed E-state index contributed by atoms with van der Waals surface area (Å²) in [7, 11) is 1.66. The zero-order valence-electron chi connectivity index (χ0n) is 14.8. The largest absolute Gasteiger partial charge is 0.486 e. The van der Waals surface area contributed by atoms with Crippen LogP contribution in [0.5, 0.6) is 5.75 Å². The van der Waals surface area contributed by atoms with Gasteiger partial charge in [0.15, 0.2) is 11.9 Å². The summed E-state index contributed by atoms with van der Waals surface area (Å²) in [5, 5.41) is 4.29. The summed E-state index contributed by atoms with van der Waals surface area (Å²) < 4.78 is 16.4. The summed E-state index contributed by atoms with van der Waals surface area (Å²) in [4.78, 5) is 21.5. The van der Waals surface area contributed by atoms with Crippen molar-refractivity contribution in [2.75, 3.05) is 25.5 Å². The van der Waals surface area contributed by atoms with Crippen molar-refractivity contribution in [1.29, 1.82) is 0 Å². The number of amides is 1. The number of furan rings is 1. The van der Waals surface area contributed by atoms with Crippen molar-refractivity contribution < 1.29 is 18.7 Å². The second-order valence-electron chi connectivity index (χ2n) is 6.24. The molecule has 0 bridgehead atoms. The van der Waals surface area contributed by atoms with Gasteiger partial charge in [0.05, 0.1) is 24.4 Å². The average Bonchev–Trinajstić information content (AvgIpc) is 3.28. The van der Waals surface area contributed by atoms with E-state index in [-0.39, 0.29) is 18.0 Å². The molecule has 0 saturated carbocycles. The van der Waals surface area contributed by atoms with Crippen LogP contribution >= 0.6 is 23.2 Å². The third-order valence-corrected chi connectivity index (χ3v) is 4.69. The van der Waals surface area contributed by atoms with Crippen molar-refractivity contribution in [3.63, 3.8) is 0 Å². The maximum absolute atomic E-state index is 11.5. The number of nitrogens with one attached hydrogen (secondary N) is 1. The van der Waals surface area contributed by atoms with E-state index in [1.54, 1.807) is 31.5 Å². The molecule has 3 aromatic rings. The molecule has 2 aromatic heterocycles. The van der Waals surface area contributed by atoms with Crippen molar-refractivity contribution in [2.24, 2.45) is 0 Å². The third-order valence-electron chi connectivity index (χ3n) is 4.23. The van der Waals surface area contributed by atoms with Gasteiger partial charge in [0.25, 0.3) is 0 Å². The van der Waals surface area contributed by atoms with Gasteiger partial charge in [-0.2, -0.15) is 0 Å². The number of hydrogen-bond acceptors (Lipinski definition) is 7. The van der Waals surface area contributed by atoms with E-state index in [4.69, 9.17) is 37.1 Å². The quantitative estimate of drug-likeness (QED) is 0.600. The van der Waals surface area contributed by atoms with Crippen LogP contribution in [-0.4, -0.2) is 47.3 Å². The molecule has 0 radical (unpaired) electrons. The normalized spacial score (nSPS) is 16.5. The highest BCUT2D eigenvalue weighted by molar-refractivity contribution is 6.33. The van der Waals surface area contributed by atoms with E-state index in [0.29, 0.717) is 40.6 Å². The minimum absolute atomic E-state index is 0.0496. The summed E-state index contributed by atoms with van der Waals surface area (Å²) in [5.74, 6) is 1.63. The van der Waals surface area contributed by atoms with Crippen LogP contribution in [0.4, 0.5) is 10.6 Å². The van der Waals surface area contributed by atoms with Crippen molar-refractivity contribution in [3.8, 4) is 5.75 Å². The fourth-order valence-corrected chi connectivity index (χ4v) is 3.26. The maximum Gasteiger partial charge on any atom is 0.410 e. The number of anilines is 1. The van der Waals surface area contributed by atoms with Gasteiger partial charge in [0.1, 0.15) is 23.7 Å². The minimum atomic E-state index is -0.391. The van der Waals surface area contributed by atoms with Crippen LogP contribution in [0, 0.1) is 0 Å². The first-order chi connectivity index (χ1) is 13.5. The number of cyclic esters (lactones) is 1. The number of ether oxygens (including phenoxy) is 2. The zero-order valence-corrected chi connectivity index (χ0v) is 16.3. The highest BCUT2D eigenvalue weighted by Crippen LogP contribution is 2.36. The first-order valence-electron chi connectivity index (χ1n) is 8.48. The van der Waals surface area contributed by atoms with E-state index in [1.165, 1.54) is 4.90 Å². The van der Waals surface area contributed by atoms with Crippen LogP contribution in [0.15, 0.2) is 34.9 Å². The minimum Gasteiger partial charge on any atom is -0.486 e. The van der Waals surface area contributed by atoms with Gasteiger partial charge < -0.3 is 24.1 Å². The molecule has 1 unspecified atom stereocenters. The Balaban J connectivity index is 1.61. The molecule has 1 aliphatic heterocycles. The van der Waals surface area contributed by atoms with Crippen molar-refractivity contribution in [1.82, 2.24) is 14.9 Å². The summed E-state index contributed by atoms with van der Waals surface area (Å²) >= 11 is 12.4. The Hall–Kier alpha value is -2.71. The topological polar surface area (TPSA) is 89.7 Å². The number of benzene rings is 1. The van der Waals surface area contributed by atoms with Crippen LogP contribution in [0.1, 0.15) is 5.76 Å². The van der Waals surface area contributed by atoms with E-state index in [0.717, 1.165) is 5.76 Å². The Morgan fingerprint density at radius 1 is 1.32 bits per heavy atom. The molecule has 1 atom stereocenters. The fraction of sp³-hybridized carbons (Fsp3) is 0.278. The molecular weight excluding hydrogens is 407 g/mol. The van der Waals surface area contributed by atoms with Crippen molar-refractivity contribution in [3.05, 3.63) is 46.6 Å². The molecule has 1 aliphatic rings. The number of aromatic nitrogens is 2. The smallest absolute Gasteiger partial charge is 0.410 e. The van der Waals surface area contributed by atoms with Crippen LogP contribution in [0.2, 0.25) is 10.3 Å². The van der Waals surface area contributed by atoms with Crippen LogP contribution in [0.3, 0.4) is 0 Å². The summed E-state index contributed by atoms with van der Waals surface area (Å²) in [6.45, 7) is 1.01. The lowest BCUT2D eigenvalue weighted by molar-refractivity contribution is 0.104. The zero-order chi connectivity index (χ0) is 19.7. The number of hydrogen-bond donors (Lipinski definition) is 1. The molecule has 8 nitrogen and oxygen atoms in total. The summed E-state index contributed by atoms with van der Waals surface area (Å²) in [6, 6.07) is 7.14. The first-order valence-corrected chi connectivity index (χ1v) is 9.23. The number of fused-ring (bicyclic) bond motifs is 1. The van der Waals surface area contributed by atoms with Gasteiger partial charge in [0.2, 0.25) is 5.28 Å². The summed E-state index contributed by atoms with van der Waals surface area (Å²) in [5.41, 5.74) is 0.465. The van der Waals surface area contributed by atoms with Crippen LogP contribution < -0.4 is 10.1 Å². The molecule has 1 aromatic carbocycles. The van der Waals surface area contributed by atoms with Crippen molar-refractivity contribution in [2.45, 2.75) is 12.6 Å². The van der Waals surface area contributed by atoms with E-state index >= 15 is 0 Å². The summed E-state index contributed by atoms with van der Waals surface area (Å²) in [6.07, 6.45) is 0.825. The highest BCUT2D eigenvalue weighted by atomic mass is 35.5. The standard InChI is InChI=1S/C18H16Cl2N4O4/c1-24-8-11(28-18(24)25)9-27-15-13(19)5-4-12-14(15)22-17(20)23-16(12)21-7-10-3-2-6-26-10/h2-6,11H,7-9H2,1H3,(H,21,22,23). The predicted octanol–water partition coefficient (Wildman–Crippen LogP) is 3.97. The lowest BCUT2D eigenvalue weighted by atomic mass is 10.2. The third kappa shape index (κ3) is 3.79. The van der Waals surface area contributed by atoms with E-state index in [1.807, 2.05) is 6.07 Å².